The highest BCUT2D eigenvalue weighted by Gasteiger charge is 2.32. The summed E-state index contributed by atoms with van der Waals surface area (Å²) in [6.07, 6.45) is 3.11. The summed E-state index contributed by atoms with van der Waals surface area (Å²) in [7, 11) is 0. The van der Waals surface area contributed by atoms with Crippen molar-refractivity contribution < 1.29 is 4.79 Å². The van der Waals surface area contributed by atoms with Gasteiger partial charge in [-0.3, -0.25) is 4.79 Å². The monoisotopic (exact) mass is 310 g/mol. The first-order valence-corrected chi connectivity index (χ1v) is 7.99. The molecule has 1 aromatic carbocycles. The van der Waals surface area contributed by atoms with Gasteiger partial charge in [-0.2, -0.15) is 0 Å². The number of hydrogen-bond donors (Lipinski definition) is 2. The number of nitrogens with two attached hydrogens (primary N) is 1. The minimum Gasteiger partial charge on any atom is -0.384 e. The summed E-state index contributed by atoms with van der Waals surface area (Å²) in [5.41, 5.74) is 8.72. The molecule has 2 heterocycles. The van der Waals surface area contributed by atoms with Crippen molar-refractivity contribution in [2.24, 2.45) is 0 Å². The lowest BCUT2D eigenvalue weighted by Crippen LogP contribution is -2.44. The van der Waals surface area contributed by atoms with E-state index in [0.717, 1.165) is 23.4 Å². The van der Waals surface area contributed by atoms with Gasteiger partial charge in [0.1, 0.15) is 5.82 Å². The predicted molar refractivity (Wildman–Crippen MR) is 93.3 cm³/mol. The molecule has 0 unspecified atom stereocenters. The molecule has 0 bridgehead atoms. The summed E-state index contributed by atoms with van der Waals surface area (Å²) < 4.78 is 0. The SMILES string of the molecule is CCC(=O)N1c2ccccc2[C@H](Nc2ccc(N)nc2)C[C@@H]1C. The molecular formula is C18H22N4O. The normalized spacial score (nSPS) is 20.0. The van der Waals surface area contributed by atoms with Crippen LogP contribution >= 0.6 is 0 Å². The number of nitrogen functional groups attached to an aromatic ring is 1. The van der Waals surface area contributed by atoms with Gasteiger partial charge in [-0.1, -0.05) is 25.1 Å². The van der Waals surface area contributed by atoms with E-state index in [1.54, 1.807) is 12.3 Å². The number of fused-ring (bicyclic) bond motifs is 1. The van der Waals surface area contributed by atoms with Gasteiger partial charge in [0, 0.05) is 18.2 Å². The maximum absolute atomic E-state index is 12.3. The fourth-order valence-corrected chi connectivity index (χ4v) is 3.19. The van der Waals surface area contributed by atoms with Crippen molar-refractivity contribution >= 4 is 23.1 Å². The molecule has 23 heavy (non-hydrogen) atoms. The van der Waals surface area contributed by atoms with Gasteiger partial charge in [0.25, 0.3) is 0 Å². The van der Waals surface area contributed by atoms with Gasteiger partial charge in [0.05, 0.1) is 17.9 Å². The number of nitrogens with one attached hydrogen (secondary N) is 1. The highest BCUT2D eigenvalue weighted by Crippen LogP contribution is 2.39. The number of rotatable bonds is 3. The number of nitrogens with zero attached hydrogens (tertiary/aromatic N) is 2. The molecule has 5 heteroatoms. The van der Waals surface area contributed by atoms with Crippen LogP contribution in [0.15, 0.2) is 42.6 Å². The van der Waals surface area contributed by atoms with Crippen molar-refractivity contribution in [1.29, 1.82) is 0 Å². The van der Waals surface area contributed by atoms with Crippen LogP contribution in [0.5, 0.6) is 0 Å². The maximum atomic E-state index is 12.3. The van der Waals surface area contributed by atoms with E-state index in [0.29, 0.717) is 12.2 Å². The van der Waals surface area contributed by atoms with Crippen LogP contribution < -0.4 is 16.0 Å². The molecule has 0 saturated heterocycles. The number of carbonyl (C=O) groups excluding carboxylic acids is 1. The van der Waals surface area contributed by atoms with Crippen molar-refractivity contribution in [2.75, 3.05) is 16.0 Å². The van der Waals surface area contributed by atoms with Gasteiger partial charge in [-0.15, -0.1) is 0 Å². The molecule has 0 saturated carbocycles. The number of carbonyl (C=O) groups is 1. The number of amides is 1. The molecule has 0 aliphatic carbocycles. The number of pyridine rings is 1. The molecule has 1 aliphatic heterocycles. The third kappa shape index (κ3) is 2.99. The molecule has 0 spiro atoms. The van der Waals surface area contributed by atoms with Gasteiger partial charge in [-0.05, 0) is 37.1 Å². The Labute approximate surface area is 136 Å². The highest BCUT2D eigenvalue weighted by molar-refractivity contribution is 5.95. The van der Waals surface area contributed by atoms with Gasteiger partial charge in [-0.25, -0.2) is 4.98 Å². The Morgan fingerprint density at radius 3 is 2.83 bits per heavy atom. The lowest BCUT2D eigenvalue weighted by atomic mass is 9.91. The van der Waals surface area contributed by atoms with Gasteiger partial charge in [0.15, 0.2) is 0 Å². The van der Waals surface area contributed by atoms with Crippen molar-refractivity contribution in [3.05, 3.63) is 48.2 Å². The van der Waals surface area contributed by atoms with E-state index in [1.165, 1.54) is 0 Å². The second-order valence-electron chi connectivity index (χ2n) is 5.93. The molecule has 1 aromatic heterocycles. The molecule has 0 fully saturated rings. The lowest BCUT2D eigenvalue weighted by Gasteiger charge is -2.39. The molecule has 5 nitrogen and oxygen atoms in total. The van der Waals surface area contributed by atoms with Crippen molar-refractivity contribution in [2.45, 2.75) is 38.8 Å². The van der Waals surface area contributed by atoms with Crippen LogP contribution in [-0.2, 0) is 4.79 Å². The standard InChI is InChI=1S/C18H22N4O/c1-3-18(23)22-12(2)10-15(14-6-4-5-7-16(14)22)21-13-8-9-17(19)20-11-13/h4-9,11-12,15,21H,3,10H2,1-2H3,(H2,19,20)/t12-,15+/m0/s1. The summed E-state index contributed by atoms with van der Waals surface area (Å²) in [4.78, 5) is 18.4. The summed E-state index contributed by atoms with van der Waals surface area (Å²) >= 11 is 0. The van der Waals surface area contributed by atoms with Crippen LogP contribution in [0, 0.1) is 0 Å². The molecule has 120 valence electrons. The average molecular weight is 310 g/mol. The zero-order valence-electron chi connectivity index (χ0n) is 13.5. The first-order chi connectivity index (χ1) is 11.1. The second kappa shape index (κ2) is 6.28. The predicted octanol–water partition coefficient (Wildman–Crippen LogP) is 3.35. The summed E-state index contributed by atoms with van der Waals surface area (Å²) in [5.74, 6) is 0.672. The smallest absolute Gasteiger partial charge is 0.226 e. The van der Waals surface area contributed by atoms with E-state index in [1.807, 2.05) is 36.1 Å². The van der Waals surface area contributed by atoms with Gasteiger partial charge >= 0.3 is 0 Å². The van der Waals surface area contributed by atoms with Gasteiger partial charge in [0.2, 0.25) is 5.91 Å². The Morgan fingerprint density at radius 1 is 1.35 bits per heavy atom. The number of benzene rings is 1. The summed E-state index contributed by atoms with van der Waals surface area (Å²) in [5, 5.41) is 3.52. The van der Waals surface area contributed by atoms with E-state index >= 15 is 0 Å². The van der Waals surface area contributed by atoms with Crippen LogP contribution in [0.1, 0.15) is 38.3 Å². The van der Waals surface area contributed by atoms with E-state index in [-0.39, 0.29) is 18.0 Å². The summed E-state index contributed by atoms with van der Waals surface area (Å²) in [6, 6.07) is 12.1. The Kier molecular flexibility index (Phi) is 4.19. The van der Waals surface area contributed by atoms with E-state index < -0.39 is 0 Å². The van der Waals surface area contributed by atoms with Gasteiger partial charge < -0.3 is 16.0 Å². The van der Waals surface area contributed by atoms with Crippen LogP contribution in [-0.4, -0.2) is 16.9 Å². The molecule has 2 atom stereocenters. The fourth-order valence-electron chi connectivity index (χ4n) is 3.19. The maximum Gasteiger partial charge on any atom is 0.226 e. The molecule has 0 radical (unpaired) electrons. The van der Waals surface area contributed by atoms with Crippen LogP contribution in [0.3, 0.4) is 0 Å². The van der Waals surface area contributed by atoms with E-state index in [4.69, 9.17) is 5.73 Å². The Balaban J connectivity index is 1.93. The van der Waals surface area contributed by atoms with Crippen molar-refractivity contribution in [1.82, 2.24) is 4.98 Å². The number of hydrogen-bond acceptors (Lipinski definition) is 4. The van der Waals surface area contributed by atoms with Crippen LogP contribution in [0.4, 0.5) is 17.2 Å². The third-order valence-electron chi connectivity index (χ3n) is 4.29. The Hall–Kier alpha value is -2.56. The molecule has 3 rings (SSSR count). The first kappa shape index (κ1) is 15.3. The number of anilines is 3. The Morgan fingerprint density at radius 2 is 2.13 bits per heavy atom. The van der Waals surface area contributed by atoms with Crippen molar-refractivity contribution in [3.8, 4) is 0 Å². The Bertz CT molecular complexity index is 698. The minimum absolute atomic E-state index is 0.146. The summed E-state index contributed by atoms with van der Waals surface area (Å²) in [6.45, 7) is 4.00. The zero-order chi connectivity index (χ0) is 16.4. The number of para-hydroxylation sites is 1. The molecular weight excluding hydrogens is 288 g/mol. The molecule has 3 N–H and O–H groups in total. The fraction of sp³-hybridized carbons (Fsp3) is 0.333. The van der Waals surface area contributed by atoms with E-state index in [2.05, 4.69) is 23.3 Å². The largest absolute Gasteiger partial charge is 0.384 e. The third-order valence-corrected chi connectivity index (χ3v) is 4.29. The average Bonchev–Trinajstić information content (AvgIpc) is 2.56. The molecule has 2 aromatic rings. The quantitative estimate of drug-likeness (QED) is 0.912. The number of aromatic nitrogens is 1. The highest BCUT2D eigenvalue weighted by atomic mass is 16.2. The minimum atomic E-state index is 0.146. The molecule has 1 aliphatic rings. The lowest BCUT2D eigenvalue weighted by molar-refractivity contribution is -0.118. The first-order valence-electron chi connectivity index (χ1n) is 7.99. The van der Waals surface area contributed by atoms with E-state index in [9.17, 15) is 4.79 Å². The second-order valence-corrected chi connectivity index (χ2v) is 5.93. The van der Waals surface area contributed by atoms with Crippen molar-refractivity contribution in [3.63, 3.8) is 0 Å². The van der Waals surface area contributed by atoms with Crippen LogP contribution in [0.2, 0.25) is 0 Å². The van der Waals surface area contributed by atoms with Crippen LogP contribution in [0.25, 0.3) is 0 Å². The molecule has 1 amide bonds. The zero-order valence-corrected chi connectivity index (χ0v) is 13.5. The topological polar surface area (TPSA) is 71.2 Å².